The van der Waals surface area contributed by atoms with Gasteiger partial charge in [0, 0.05) is 19.0 Å². The van der Waals surface area contributed by atoms with Crippen LogP contribution in [-0.2, 0) is 4.74 Å². The lowest BCUT2D eigenvalue weighted by Gasteiger charge is -2.36. The summed E-state index contributed by atoms with van der Waals surface area (Å²) in [4.78, 5) is 6.94. The van der Waals surface area contributed by atoms with E-state index < -0.39 is 0 Å². The zero-order valence-electron chi connectivity index (χ0n) is 13.5. The van der Waals surface area contributed by atoms with E-state index in [0.717, 1.165) is 18.9 Å². The van der Waals surface area contributed by atoms with Crippen molar-refractivity contribution in [2.75, 3.05) is 19.6 Å². The molecule has 2 aliphatic heterocycles. The fourth-order valence-corrected chi connectivity index (χ4v) is 4.73. The number of aromatic nitrogens is 3. The average molecular weight is 304 g/mol. The van der Waals surface area contributed by atoms with Crippen LogP contribution in [0.15, 0.2) is 6.33 Å². The van der Waals surface area contributed by atoms with Crippen molar-refractivity contribution >= 4 is 0 Å². The van der Waals surface area contributed by atoms with Gasteiger partial charge in [0.2, 0.25) is 0 Å². The van der Waals surface area contributed by atoms with Crippen LogP contribution in [0.4, 0.5) is 0 Å². The fraction of sp³-hybridized carbons (Fsp3) is 0.882. The number of hydrogen-bond donors (Lipinski definition) is 1. The van der Waals surface area contributed by atoms with Crippen molar-refractivity contribution in [2.45, 2.75) is 75.4 Å². The maximum absolute atomic E-state index is 6.54. The molecule has 4 rings (SSSR count). The summed E-state index contributed by atoms with van der Waals surface area (Å²) >= 11 is 0. The molecule has 3 fully saturated rings. The van der Waals surface area contributed by atoms with Crippen molar-refractivity contribution in [2.24, 2.45) is 0 Å². The molecule has 1 saturated carbocycles. The van der Waals surface area contributed by atoms with Crippen molar-refractivity contribution < 1.29 is 4.74 Å². The number of aromatic amines is 1. The highest BCUT2D eigenvalue weighted by Crippen LogP contribution is 2.42. The van der Waals surface area contributed by atoms with E-state index in [1.807, 2.05) is 0 Å². The highest BCUT2D eigenvalue weighted by Gasteiger charge is 2.41. The Morgan fingerprint density at radius 3 is 2.91 bits per heavy atom. The average Bonchev–Trinajstić information content (AvgIpc) is 3.20. The van der Waals surface area contributed by atoms with Gasteiger partial charge in [-0.3, -0.25) is 5.10 Å². The molecule has 22 heavy (non-hydrogen) atoms. The van der Waals surface area contributed by atoms with Gasteiger partial charge in [-0.25, -0.2) is 4.98 Å². The van der Waals surface area contributed by atoms with Crippen LogP contribution in [0.1, 0.15) is 69.5 Å². The van der Waals surface area contributed by atoms with E-state index in [9.17, 15) is 0 Å². The second-order valence-electron chi connectivity index (χ2n) is 7.49. The Hall–Kier alpha value is -0.940. The third kappa shape index (κ3) is 3.06. The molecule has 3 aliphatic rings. The van der Waals surface area contributed by atoms with Crippen molar-refractivity contribution in [3.8, 4) is 0 Å². The smallest absolute Gasteiger partial charge is 0.137 e. The lowest BCUT2D eigenvalue weighted by Crippen LogP contribution is -2.41. The predicted octanol–water partition coefficient (Wildman–Crippen LogP) is 2.87. The first-order chi connectivity index (χ1) is 10.8. The number of likely N-dealkylation sites (tertiary alicyclic amines) is 1. The van der Waals surface area contributed by atoms with E-state index >= 15 is 0 Å². The highest BCUT2D eigenvalue weighted by molar-refractivity contribution is 4.98. The number of hydrogen-bond acceptors (Lipinski definition) is 4. The molecule has 2 unspecified atom stereocenters. The minimum Gasteiger partial charge on any atom is -0.370 e. The molecule has 3 heterocycles. The molecular weight excluding hydrogens is 276 g/mol. The van der Waals surface area contributed by atoms with E-state index in [1.165, 1.54) is 64.3 Å². The highest BCUT2D eigenvalue weighted by atomic mass is 16.5. The van der Waals surface area contributed by atoms with Crippen LogP contribution in [-0.4, -0.2) is 51.4 Å². The maximum Gasteiger partial charge on any atom is 0.137 e. The summed E-state index contributed by atoms with van der Waals surface area (Å²) in [5.41, 5.74) is 0.253. The standard InChI is InChI=1S/C17H28N4O/c1-2-7-17(8-3-1)9-6-15(22-17)12-21-10-4-5-14(11-21)16-18-13-19-20-16/h13-15H,1-12H2,(H,18,19,20). The summed E-state index contributed by atoms with van der Waals surface area (Å²) in [7, 11) is 0. The maximum atomic E-state index is 6.54. The minimum atomic E-state index is 0.253. The first-order valence-corrected chi connectivity index (χ1v) is 9.08. The van der Waals surface area contributed by atoms with Crippen molar-refractivity contribution in [1.82, 2.24) is 20.1 Å². The van der Waals surface area contributed by atoms with Gasteiger partial charge in [-0.15, -0.1) is 0 Å². The molecule has 1 aliphatic carbocycles. The number of nitrogens with zero attached hydrogens (tertiary/aromatic N) is 3. The fourth-order valence-electron chi connectivity index (χ4n) is 4.73. The van der Waals surface area contributed by atoms with Gasteiger partial charge < -0.3 is 9.64 Å². The third-order valence-corrected chi connectivity index (χ3v) is 5.89. The van der Waals surface area contributed by atoms with E-state index in [-0.39, 0.29) is 5.60 Å². The molecule has 0 radical (unpaired) electrons. The minimum absolute atomic E-state index is 0.253. The van der Waals surface area contributed by atoms with E-state index in [1.54, 1.807) is 6.33 Å². The summed E-state index contributed by atoms with van der Waals surface area (Å²) < 4.78 is 6.54. The van der Waals surface area contributed by atoms with Crippen LogP contribution in [0.2, 0.25) is 0 Å². The van der Waals surface area contributed by atoms with Gasteiger partial charge in [-0.1, -0.05) is 19.3 Å². The van der Waals surface area contributed by atoms with Crippen molar-refractivity contribution in [3.05, 3.63) is 12.2 Å². The third-order valence-electron chi connectivity index (χ3n) is 5.89. The molecule has 2 saturated heterocycles. The zero-order chi connectivity index (χ0) is 14.8. The normalized spacial score (nSPS) is 32.5. The summed E-state index contributed by atoms with van der Waals surface area (Å²) in [6.07, 6.45) is 13.8. The summed E-state index contributed by atoms with van der Waals surface area (Å²) in [5.74, 6) is 1.57. The molecule has 1 N–H and O–H groups in total. The SMILES string of the molecule is c1n[nH]c(C2CCCN(CC3CCC4(CCCCC4)O3)C2)n1. The molecule has 1 spiro atoms. The summed E-state index contributed by atoms with van der Waals surface area (Å²) in [5, 5.41) is 7.05. The number of H-pyrrole nitrogens is 1. The van der Waals surface area contributed by atoms with Gasteiger partial charge in [-0.05, 0) is 45.1 Å². The number of ether oxygens (including phenoxy) is 1. The molecule has 2 atom stereocenters. The second kappa shape index (κ2) is 6.28. The lowest BCUT2D eigenvalue weighted by molar-refractivity contribution is -0.0733. The molecule has 5 heteroatoms. The first kappa shape index (κ1) is 14.6. The first-order valence-electron chi connectivity index (χ1n) is 9.08. The zero-order valence-corrected chi connectivity index (χ0v) is 13.5. The Balaban J connectivity index is 1.32. The molecule has 0 amide bonds. The molecule has 0 aromatic carbocycles. The van der Waals surface area contributed by atoms with E-state index in [0.29, 0.717) is 12.0 Å². The van der Waals surface area contributed by atoms with Crippen LogP contribution in [0, 0.1) is 0 Å². The number of piperidine rings is 1. The molecule has 0 bridgehead atoms. The Morgan fingerprint density at radius 1 is 1.18 bits per heavy atom. The van der Waals surface area contributed by atoms with Crippen molar-refractivity contribution in [1.29, 1.82) is 0 Å². The summed E-state index contributed by atoms with van der Waals surface area (Å²) in [6.45, 7) is 3.41. The van der Waals surface area contributed by atoms with Crippen LogP contribution in [0.5, 0.6) is 0 Å². The van der Waals surface area contributed by atoms with E-state index in [4.69, 9.17) is 4.74 Å². The van der Waals surface area contributed by atoms with Gasteiger partial charge in [-0.2, -0.15) is 5.10 Å². The van der Waals surface area contributed by atoms with Crippen LogP contribution >= 0.6 is 0 Å². The lowest BCUT2D eigenvalue weighted by atomic mass is 9.83. The van der Waals surface area contributed by atoms with Gasteiger partial charge >= 0.3 is 0 Å². The second-order valence-corrected chi connectivity index (χ2v) is 7.49. The predicted molar refractivity (Wildman–Crippen MR) is 84.7 cm³/mol. The Bertz CT molecular complexity index is 469. The Morgan fingerprint density at radius 2 is 2.09 bits per heavy atom. The largest absolute Gasteiger partial charge is 0.370 e. The van der Waals surface area contributed by atoms with Gasteiger partial charge in [0.25, 0.3) is 0 Å². The van der Waals surface area contributed by atoms with E-state index in [2.05, 4.69) is 20.1 Å². The van der Waals surface area contributed by atoms with Crippen LogP contribution < -0.4 is 0 Å². The topological polar surface area (TPSA) is 54.0 Å². The van der Waals surface area contributed by atoms with Crippen LogP contribution in [0.25, 0.3) is 0 Å². The molecule has 122 valence electrons. The van der Waals surface area contributed by atoms with Gasteiger partial charge in [0.1, 0.15) is 12.2 Å². The van der Waals surface area contributed by atoms with Crippen molar-refractivity contribution in [3.63, 3.8) is 0 Å². The quantitative estimate of drug-likeness (QED) is 0.933. The molecule has 5 nitrogen and oxygen atoms in total. The summed E-state index contributed by atoms with van der Waals surface area (Å²) in [6, 6.07) is 0. The molecule has 1 aromatic rings. The number of rotatable bonds is 3. The monoisotopic (exact) mass is 304 g/mol. The Kier molecular flexibility index (Phi) is 4.18. The number of nitrogens with one attached hydrogen (secondary N) is 1. The van der Waals surface area contributed by atoms with Gasteiger partial charge in [0.05, 0.1) is 11.7 Å². The van der Waals surface area contributed by atoms with Gasteiger partial charge in [0.15, 0.2) is 0 Å². The molecular formula is C17H28N4O. The molecule has 1 aromatic heterocycles. The van der Waals surface area contributed by atoms with Crippen LogP contribution in [0.3, 0.4) is 0 Å². The Labute approximate surface area is 132 Å².